The van der Waals surface area contributed by atoms with Crippen LogP contribution in [0.1, 0.15) is 73.6 Å². The lowest BCUT2D eigenvalue weighted by Crippen LogP contribution is -2.47. The molecule has 3 nitrogen and oxygen atoms in total. The molecule has 4 heteroatoms. The van der Waals surface area contributed by atoms with Crippen LogP contribution >= 0.6 is 0 Å². The Hall–Kier alpha value is -1.03. The van der Waals surface area contributed by atoms with Crippen molar-refractivity contribution >= 4 is 14.3 Å². The number of hydrogen-bond donors (Lipinski definition) is 1. The van der Waals surface area contributed by atoms with Gasteiger partial charge in [-0.05, 0) is 48.4 Å². The van der Waals surface area contributed by atoms with Gasteiger partial charge in [0.15, 0.2) is 0 Å². The molecular weight excluding hydrogens is 304 g/mol. The average Bonchev–Trinajstić information content (AvgIpc) is 2.55. The molecule has 23 heavy (non-hydrogen) atoms. The largest absolute Gasteiger partial charge is 0.546 e. The molecule has 0 saturated heterocycles. The van der Waals surface area contributed by atoms with Crippen molar-refractivity contribution in [3.05, 3.63) is 23.5 Å². The number of allylic oxidation sites excluding steroid dienone is 3. The molecule has 0 aliphatic heterocycles. The first-order valence-corrected chi connectivity index (χ1v) is 11.2. The number of aliphatic carboxylic acids is 1. The van der Waals surface area contributed by atoms with Gasteiger partial charge < -0.3 is 9.53 Å². The van der Waals surface area contributed by atoms with Crippen molar-refractivity contribution in [2.75, 3.05) is 0 Å². The Morgan fingerprint density at radius 2 is 1.52 bits per heavy atom. The lowest BCUT2D eigenvalue weighted by atomic mass is 10.1. The summed E-state index contributed by atoms with van der Waals surface area (Å²) in [7, 11) is -1.95. The summed E-state index contributed by atoms with van der Waals surface area (Å²) in [5.74, 6) is 0.244. The first-order chi connectivity index (χ1) is 10.7. The molecule has 0 amide bonds. The first-order valence-electron chi connectivity index (χ1n) is 9.02. The second-order valence-corrected chi connectivity index (χ2v) is 12.9. The Balaban J connectivity index is 3.02. The molecule has 0 aromatic carbocycles. The summed E-state index contributed by atoms with van der Waals surface area (Å²) in [4.78, 5) is 11.3. The van der Waals surface area contributed by atoms with Crippen LogP contribution in [0.4, 0.5) is 0 Å². The monoisotopic (exact) mass is 338 g/mol. The molecule has 0 saturated carbocycles. The number of rotatable bonds is 6. The minimum atomic E-state index is -1.95. The molecule has 132 valence electrons. The van der Waals surface area contributed by atoms with Gasteiger partial charge in [-0.25, -0.2) is 4.79 Å². The molecule has 0 unspecified atom stereocenters. The average molecular weight is 339 g/mol. The van der Waals surface area contributed by atoms with Gasteiger partial charge in [-0.1, -0.05) is 47.6 Å². The summed E-state index contributed by atoms with van der Waals surface area (Å²) in [6.45, 7) is 13.7. The van der Waals surface area contributed by atoms with Gasteiger partial charge in [-0.2, -0.15) is 0 Å². The second kappa shape index (κ2) is 8.72. The van der Waals surface area contributed by atoms with Crippen molar-refractivity contribution < 1.29 is 14.3 Å². The molecule has 1 rings (SSSR count). The zero-order valence-corrected chi connectivity index (χ0v) is 16.7. The van der Waals surface area contributed by atoms with Crippen molar-refractivity contribution in [2.24, 2.45) is 0 Å². The molecule has 0 bridgehead atoms. The Bertz CT molecular complexity index is 439. The van der Waals surface area contributed by atoms with Gasteiger partial charge in [0.1, 0.15) is 0 Å². The predicted octanol–water partition coefficient (Wildman–Crippen LogP) is 6.04. The van der Waals surface area contributed by atoms with Crippen LogP contribution in [-0.4, -0.2) is 19.4 Å². The van der Waals surface area contributed by atoms with Crippen LogP contribution in [0.15, 0.2) is 23.5 Å². The van der Waals surface area contributed by atoms with E-state index in [9.17, 15) is 9.90 Å². The third kappa shape index (κ3) is 4.97. The zero-order chi connectivity index (χ0) is 17.6. The fraction of sp³-hybridized carbons (Fsp3) is 0.737. The van der Waals surface area contributed by atoms with Crippen LogP contribution in [-0.2, 0) is 9.22 Å². The van der Waals surface area contributed by atoms with Crippen LogP contribution in [0.3, 0.4) is 0 Å². The summed E-state index contributed by atoms with van der Waals surface area (Å²) in [6.07, 6.45) is 8.18. The van der Waals surface area contributed by atoms with E-state index in [1.54, 1.807) is 0 Å². The Morgan fingerprint density at radius 1 is 1.00 bits per heavy atom. The summed E-state index contributed by atoms with van der Waals surface area (Å²) >= 11 is 0. The van der Waals surface area contributed by atoms with Crippen molar-refractivity contribution in [3.8, 4) is 0 Å². The van der Waals surface area contributed by atoms with Crippen LogP contribution in [0, 0.1) is 0 Å². The van der Waals surface area contributed by atoms with Gasteiger partial charge in [0.25, 0.3) is 8.32 Å². The van der Waals surface area contributed by atoms with Crippen LogP contribution in [0.25, 0.3) is 0 Å². The van der Waals surface area contributed by atoms with E-state index in [0.29, 0.717) is 35.0 Å². The van der Waals surface area contributed by atoms with Gasteiger partial charge in [0, 0.05) is 12.0 Å². The van der Waals surface area contributed by atoms with Crippen LogP contribution in [0.2, 0.25) is 16.6 Å². The maximum atomic E-state index is 11.3. The standard InChI is InChI=1S/C19H34O3Si/c1-14(2)23(15(3)4,16(5)6)22-18-11-9-7-8-10-17(12-13-18)19(20)21/h10-11,14-16H,7-9,12-13H2,1-6H3,(H,20,21)/b17-10+,18-11+. The molecule has 1 aliphatic carbocycles. The van der Waals surface area contributed by atoms with Gasteiger partial charge in [0.05, 0.1) is 5.76 Å². The fourth-order valence-corrected chi connectivity index (χ4v) is 9.33. The van der Waals surface area contributed by atoms with Crippen molar-refractivity contribution in [3.63, 3.8) is 0 Å². The summed E-state index contributed by atoms with van der Waals surface area (Å²) in [5.41, 5.74) is 2.13. The number of carboxylic acids is 1. The molecule has 0 aromatic heterocycles. The Kier molecular flexibility index (Phi) is 7.58. The van der Waals surface area contributed by atoms with Crippen LogP contribution < -0.4 is 0 Å². The van der Waals surface area contributed by atoms with E-state index < -0.39 is 14.3 Å². The van der Waals surface area contributed by atoms with Gasteiger partial charge in [-0.15, -0.1) is 0 Å². The number of hydrogen-bond acceptors (Lipinski definition) is 2. The van der Waals surface area contributed by atoms with E-state index in [0.717, 1.165) is 25.0 Å². The molecule has 1 aliphatic rings. The van der Waals surface area contributed by atoms with Gasteiger partial charge in [0.2, 0.25) is 0 Å². The van der Waals surface area contributed by atoms with Gasteiger partial charge >= 0.3 is 5.97 Å². The fourth-order valence-electron chi connectivity index (χ4n) is 3.99. The molecule has 1 N–H and O–H groups in total. The molecular formula is C19H34O3Si. The smallest absolute Gasteiger partial charge is 0.331 e. The van der Waals surface area contributed by atoms with Crippen molar-refractivity contribution in [2.45, 2.75) is 90.3 Å². The highest BCUT2D eigenvalue weighted by atomic mass is 28.4. The lowest BCUT2D eigenvalue weighted by molar-refractivity contribution is -0.132. The number of carbonyl (C=O) groups is 1. The maximum absolute atomic E-state index is 11.3. The SMILES string of the molecule is CC(C)[Si](O/C1=C/CCC/C=C(/C(=O)O)CC1)(C(C)C)C(C)C. The third-order valence-corrected chi connectivity index (χ3v) is 11.1. The summed E-state index contributed by atoms with van der Waals surface area (Å²) < 4.78 is 6.76. The summed E-state index contributed by atoms with van der Waals surface area (Å²) in [6, 6.07) is 0. The first kappa shape index (κ1) is 20.0. The Morgan fingerprint density at radius 3 is 2.00 bits per heavy atom. The number of carboxylic acid groups (broad SMARTS) is 1. The van der Waals surface area contributed by atoms with Gasteiger partial charge in [-0.3, -0.25) is 0 Å². The van der Waals surface area contributed by atoms with E-state index in [4.69, 9.17) is 4.43 Å². The molecule has 0 fully saturated rings. The maximum Gasteiger partial charge on any atom is 0.331 e. The molecule has 0 heterocycles. The topological polar surface area (TPSA) is 46.5 Å². The minimum Gasteiger partial charge on any atom is -0.546 e. The van der Waals surface area contributed by atoms with E-state index in [1.165, 1.54) is 0 Å². The lowest BCUT2D eigenvalue weighted by Gasteiger charge is -2.43. The van der Waals surface area contributed by atoms with Crippen molar-refractivity contribution in [1.82, 2.24) is 0 Å². The highest BCUT2D eigenvalue weighted by Gasteiger charge is 2.47. The van der Waals surface area contributed by atoms with Crippen molar-refractivity contribution in [1.29, 1.82) is 0 Å². The third-order valence-electron chi connectivity index (χ3n) is 5.10. The quantitative estimate of drug-likeness (QED) is 0.601. The predicted molar refractivity (Wildman–Crippen MR) is 99.0 cm³/mol. The normalized spacial score (nSPS) is 22.0. The van der Waals surface area contributed by atoms with E-state index in [2.05, 4.69) is 47.6 Å². The van der Waals surface area contributed by atoms with Crippen LogP contribution in [0.5, 0.6) is 0 Å². The molecule has 0 spiro atoms. The molecule has 0 aromatic rings. The van der Waals surface area contributed by atoms with E-state index in [-0.39, 0.29) is 0 Å². The highest BCUT2D eigenvalue weighted by Crippen LogP contribution is 2.44. The molecule has 0 atom stereocenters. The minimum absolute atomic E-state index is 0.533. The van der Waals surface area contributed by atoms with E-state index in [1.807, 2.05) is 6.08 Å². The zero-order valence-electron chi connectivity index (χ0n) is 15.7. The van der Waals surface area contributed by atoms with E-state index >= 15 is 0 Å². The second-order valence-electron chi connectivity index (χ2n) is 7.56. The highest BCUT2D eigenvalue weighted by molar-refractivity contribution is 6.77. The Labute approximate surface area is 142 Å². The molecule has 0 radical (unpaired) electrons. The summed E-state index contributed by atoms with van der Waals surface area (Å²) in [5, 5.41) is 9.31.